The van der Waals surface area contributed by atoms with Gasteiger partial charge >= 0.3 is 0 Å². The molecule has 0 bridgehead atoms. The number of rotatable bonds is 2. The van der Waals surface area contributed by atoms with Gasteiger partial charge in [0.05, 0.1) is 6.33 Å². The first-order valence-corrected chi connectivity index (χ1v) is 7.73. The molecule has 120 valence electrons. The van der Waals surface area contributed by atoms with Crippen LogP contribution in [0.2, 0.25) is 10.3 Å². The van der Waals surface area contributed by atoms with Crippen LogP contribution in [-0.2, 0) is 0 Å². The second-order valence-corrected chi connectivity index (χ2v) is 5.71. The minimum Gasteiger partial charge on any atom is -0.367 e. The van der Waals surface area contributed by atoms with E-state index in [1.54, 1.807) is 0 Å². The molecular formula is C16H20BrCl2N3. The van der Waals surface area contributed by atoms with Crippen LogP contribution in [-0.4, -0.2) is 23.1 Å². The number of imidazole rings is 1. The van der Waals surface area contributed by atoms with Crippen LogP contribution >= 0.6 is 40.2 Å². The van der Waals surface area contributed by atoms with E-state index in [9.17, 15) is 0 Å². The third-order valence-electron chi connectivity index (χ3n) is 3.16. The van der Waals surface area contributed by atoms with E-state index < -0.39 is 0 Å². The fourth-order valence-corrected chi connectivity index (χ4v) is 2.53. The number of halogens is 3. The van der Waals surface area contributed by atoms with E-state index in [1.165, 1.54) is 29.6 Å². The van der Waals surface area contributed by atoms with Gasteiger partial charge in [-0.3, -0.25) is 0 Å². The molecule has 3 rings (SSSR count). The number of aromatic amines is 1. The van der Waals surface area contributed by atoms with Crippen molar-refractivity contribution in [2.75, 3.05) is 18.0 Å². The number of para-hydroxylation sites is 1. The van der Waals surface area contributed by atoms with Crippen molar-refractivity contribution in [1.29, 1.82) is 0 Å². The maximum absolute atomic E-state index is 5.37. The number of fused-ring (bicyclic) bond motifs is 1. The first-order valence-electron chi connectivity index (χ1n) is 6.97. The Morgan fingerprint density at radius 3 is 2.55 bits per heavy atom. The zero-order valence-electron chi connectivity index (χ0n) is 12.6. The quantitative estimate of drug-likeness (QED) is 0.704. The first-order chi connectivity index (χ1) is 10.1. The Labute approximate surface area is 152 Å². The normalized spacial score (nSPS) is 12.5. The van der Waals surface area contributed by atoms with Crippen molar-refractivity contribution in [3.05, 3.63) is 52.0 Å². The number of H-pyrrole nitrogens is 1. The molecule has 1 N–H and O–H groups in total. The number of hydrogen-bond acceptors (Lipinski definition) is 2. The molecule has 1 aromatic carbocycles. The van der Waals surface area contributed by atoms with E-state index in [1.807, 2.05) is 0 Å². The lowest BCUT2D eigenvalue weighted by molar-refractivity contribution is 0.796. The summed E-state index contributed by atoms with van der Waals surface area (Å²) in [5, 5.41) is 0.711. The molecule has 0 saturated heterocycles. The molecule has 1 aliphatic heterocycles. The standard InChI is InChI=1S/C13H17N.C3H2Cl2N2.BrH/c1-3-8-14-10-11(2)9-12-6-4-5-7-13(12)14;4-2-3(5)7-1-6-2;/h4-7,9H,3,8,10H2,1-2H3;1H,(H,6,7);1H. The topological polar surface area (TPSA) is 31.9 Å². The summed E-state index contributed by atoms with van der Waals surface area (Å²) in [4.78, 5) is 8.65. The van der Waals surface area contributed by atoms with Gasteiger partial charge in [0, 0.05) is 18.8 Å². The molecule has 3 nitrogen and oxygen atoms in total. The molecule has 0 atom stereocenters. The van der Waals surface area contributed by atoms with Gasteiger partial charge in [0.2, 0.25) is 0 Å². The van der Waals surface area contributed by atoms with Gasteiger partial charge < -0.3 is 9.88 Å². The molecular weight excluding hydrogens is 385 g/mol. The van der Waals surface area contributed by atoms with Crippen LogP contribution in [0.1, 0.15) is 25.8 Å². The Kier molecular flexibility index (Phi) is 8.01. The molecule has 1 aliphatic rings. The Morgan fingerprint density at radius 1 is 1.27 bits per heavy atom. The molecule has 2 heterocycles. The molecule has 0 saturated carbocycles. The number of aromatic nitrogens is 2. The van der Waals surface area contributed by atoms with E-state index in [0.29, 0.717) is 10.3 Å². The minimum atomic E-state index is 0. The number of nitrogens with one attached hydrogen (secondary N) is 1. The number of anilines is 1. The van der Waals surface area contributed by atoms with Crippen LogP contribution in [0, 0.1) is 0 Å². The smallest absolute Gasteiger partial charge is 0.165 e. The predicted octanol–water partition coefficient (Wildman–Crippen LogP) is 5.61. The van der Waals surface area contributed by atoms with Crippen molar-refractivity contribution in [3.8, 4) is 0 Å². The lowest BCUT2D eigenvalue weighted by Gasteiger charge is -2.30. The van der Waals surface area contributed by atoms with Gasteiger partial charge in [0.1, 0.15) is 5.15 Å². The summed E-state index contributed by atoms with van der Waals surface area (Å²) in [6.07, 6.45) is 4.94. The maximum Gasteiger partial charge on any atom is 0.165 e. The Balaban J connectivity index is 0.000000258. The molecule has 0 radical (unpaired) electrons. The van der Waals surface area contributed by atoms with Gasteiger partial charge in [-0.2, -0.15) is 0 Å². The van der Waals surface area contributed by atoms with Crippen molar-refractivity contribution in [2.24, 2.45) is 0 Å². The SMILES string of the molecule is Br.CCCN1CC(C)=Cc2ccccc21.Clc1nc[nH]c1Cl. The predicted molar refractivity (Wildman–Crippen MR) is 102 cm³/mol. The summed E-state index contributed by atoms with van der Waals surface area (Å²) >= 11 is 10.7. The summed E-state index contributed by atoms with van der Waals surface area (Å²) in [6.45, 7) is 6.68. The van der Waals surface area contributed by atoms with Crippen molar-refractivity contribution >= 4 is 51.9 Å². The lowest BCUT2D eigenvalue weighted by Crippen LogP contribution is -2.28. The monoisotopic (exact) mass is 403 g/mol. The number of nitrogens with zero attached hydrogens (tertiary/aromatic N) is 2. The van der Waals surface area contributed by atoms with Gasteiger partial charge in [0.15, 0.2) is 5.15 Å². The fourth-order valence-electron chi connectivity index (χ4n) is 2.33. The highest BCUT2D eigenvalue weighted by Gasteiger charge is 2.13. The Morgan fingerprint density at radius 2 is 2.00 bits per heavy atom. The van der Waals surface area contributed by atoms with Gasteiger partial charge in [0.25, 0.3) is 0 Å². The van der Waals surface area contributed by atoms with Crippen LogP contribution in [0.3, 0.4) is 0 Å². The van der Waals surface area contributed by atoms with E-state index >= 15 is 0 Å². The second kappa shape index (κ2) is 9.23. The van der Waals surface area contributed by atoms with Crippen molar-refractivity contribution in [1.82, 2.24) is 9.97 Å². The number of hydrogen-bond donors (Lipinski definition) is 1. The van der Waals surface area contributed by atoms with E-state index in [-0.39, 0.29) is 17.0 Å². The largest absolute Gasteiger partial charge is 0.367 e. The van der Waals surface area contributed by atoms with Crippen molar-refractivity contribution < 1.29 is 0 Å². The number of benzene rings is 1. The van der Waals surface area contributed by atoms with Crippen LogP contribution < -0.4 is 4.90 Å². The Hall–Kier alpha value is -0.970. The summed E-state index contributed by atoms with van der Waals surface area (Å²) in [5.74, 6) is 0. The summed E-state index contributed by atoms with van der Waals surface area (Å²) in [6, 6.07) is 8.64. The zero-order valence-corrected chi connectivity index (χ0v) is 15.9. The summed E-state index contributed by atoms with van der Waals surface area (Å²) in [7, 11) is 0. The van der Waals surface area contributed by atoms with Crippen LogP contribution in [0.5, 0.6) is 0 Å². The van der Waals surface area contributed by atoms with E-state index in [4.69, 9.17) is 23.2 Å². The van der Waals surface area contributed by atoms with Crippen LogP contribution in [0.4, 0.5) is 5.69 Å². The summed E-state index contributed by atoms with van der Waals surface area (Å²) in [5.41, 5.74) is 4.21. The molecule has 0 spiro atoms. The van der Waals surface area contributed by atoms with Crippen LogP contribution in [0.25, 0.3) is 6.08 Å². The van der Waals surface area contributed by atoms with Gasteiger partial charge in [-0.25, -0.2) is 4.98 Å². The maximum atomic E-state index is 5.37. The third-order valence-corrected chi connectivity index (χ3v) is 3.83. The van der Waals surface area contributed by atoms with Gasteiger partial charge in [-0.05, 0) is 25.0 Å². The van der Waals surface area contributed by atoms with Crippen LogP contribution in [0.15, 0.2) is 36.2 Å². The minimum absolute atomic E-state index is 0. The zero-order chi connectivity index (χ0) is 15.2. The molecule has 0 unspecified atom stereocenters. The fraction of sp³-hybridized carbons (Fsp3) is 0.312. The average molecular weight is 405 g/mol. The van der Waals surface area contributed by atoms with E-state index in [0.717, 1.165) is 13.1 Å². The molecule has 22 heavy (non-hydrogen) atoms. The molecule has 0 fully saturated rings. The summed E-state index contributed by atoms with van der Waals surface area (Å²) < 4.78 is 0. The molecule has 0 aliphatic carbocycles. The highest BCUT2D eigenvalue weighted by atomic mass is 79.9. The molecule has 0 amide bonds. The second-order valence-electron chi connectivity index (χ2n) is 4.98. The van der Waals surface area contributed by atoms with Gasteiger partial charge in [-0.1, -0.05) is 60.0 Å². The average Bonchev–Trinajstić information content (AvgIpc) is 2.84. The first kappa shape index (κ1) is 19.1. The molecule has 2 aromatic rings. The molecule has 6 heteroatoms. The van der Waals surface area contributed by atoms with E-state index in [2.05, 4.69) is 59.1 Å². The molecule has 1 aromatic heterocycles. The Bertz CT molecular complexity index is 609. The van der Waals surface area contributed by atoms with Gasteiger partial charge in [-0.15, -0.1) is 17.0 Å². The highest BCUT2D eigenvalue weighted by molar-refractivity contribution is 8.93. The third kappa shape index (κ3) is 5.04. The lowest BCUT2D eigenvalue weighted by atomic mass is 10.0. The van der Waals surface area contributed by atoms with Crippen molar-refractivity contribution in [3.63, 3.8) is 0 Å². The highest BCUT2D eigenvalue weighted by Crippen LogP contribution is 2.28. The van der Waals surface area contributed by atoms with Crippen molar-refractivity contribution in [2.45, 2.75) is 20.3 Å².